The van der Waals surface area contributed by atoms with Gasteiger partial charge in [-0.1, -0.05) is 29.8 Å². The number of nitrogens with zero attached hydrogens (tertiary/aromatic N) is 1. The molecule has 3 aromatic carbocycles. The number of Topliss-reactive ketones (excluding diaryl/α,β-unsaturated/α-hetero) is 1. The molecule has 36 heavy (non-hydrogen) atoms. The van der Waals surface area contributed by atoms with Crippen LogP contribution in [-0.4, -0.2) is 32.9 Å². The number of carbonyl (C=O) groups is 2. The molecule has 1 heterocycles. The fraction of sp³-hybridized carbons (Fsp3) is 0.214. The maximum Gasteiger partial charge on any atom is 0.295 e. The van der Waals surface area contributed by atoms with Crippen LogP contribution in [0.1, 0.15) is 42.1 Å². The lowest BCUT2D eigenvalue weighted by Gasteiger charge is -2.26. The standard InChI is InChI=1S/C28H25ClFNO5/c1-15(2)36-23-11-7-19(12-16(23)3)26(33)24-25(18-6-10-22(32)21(29)13-18)31(28(35)27(24)34)14-17-4-8-20(30)9-5-17/h4-13,15,25,32-33H,14H2,1-3H3/b26-24-. The van der Waals surface area contributed by atoms with E-state index in [9.17, 15) is 24.2 Å². The summed E-state index contributed by atoms with van der Waals surface area (Å²) in [5.41, 5.74) is 2.01. The molecule has 2 N–H and O–H groups in total. The van der Waals surface area contributed by atoms with Crippen LogP contribution in [0, 0.1) is 12.7 Å². The van der Waals surface area contributed by atoms with Gasteiger partial charge in [0, 0.05) is 12.1 Å². The van der Waals surface area contributed by atoms with Crippen LogP contribution in [-0.2, 0) is 16.1 Å². The number of aromatic hydroxyl groups is 1. The van der Waals surface area contributed by atoms with E-state index in [0.29, 0.717) is 22.4 Å². The largest absolute Gasteiger partial charge is 0.507 e. The first kappa shape index (κ1) is 25.3. The smallest absolute Gasteiger partial charge is 0.295 e. The van der Waals surface area contributed by atoms with Gasteiger partial charge in [0.2, 0.25) is 0 Å². The van der Waals surface area contributed by atoms with E-state index >= 15 is 0 Å². The Morgan fingerprint density at radius 2 is 1.78 bits per heavy atom. The number of amides is 1. The van der Waals surface area contributed by atoms with Crippen molar-refractivity contribution in [1.82, 2.24) is 4.90 Å². The van der Waals surface area contributed by atoms with Crippen LogP contribution in [0.15, 0.2) is 66.2 Å². The molecule has 1 atom stereocenters. The van der Waals surface area contributed by atoms with Crippen molar-refractivity contribution in [2.45, 2.75) is 39.5 Å². The lowest BCUT2D eigenvalue weighted by Crippen LogP contribution is -2.29. The molecule has 0 aromatic heterocycles. The Labute approximate surface area is 213 Å². The predicted octanol–water partition coefficient (Wildman–Crippen LogP) is 5.90. The second-order valence-electron chi connectivity index (χ2n) is 8.91. The maximum atomic E-state index is 13.4. The second-order valence-corrected chi connectivity index (χ2v) is 9.32. The van der Waals surface area contributed by atoms with E-state index in [1.807, 2.05) is 20.8 Å². The van der Waals surface area contributed by atoms with E-state index in [0.717, 1.165) is 5.56 Å². The maximum absolute atomic E-state index is 13.4. The molecule has 1 aliphatic heterocycles. The topological polar surface area (TPSA) is 87.1 Å². The van der Waals surface area contributed by atoms with Gasteiger partial charge in [0.05, 0.1) is 22.7 Å². The highest BCUT2D eigenvalue weighted by Crippen LogP contribution is 2.42. The summed E-state index contributed by atoms with van der Waals surface area (Å²) in [6, 6.07) is 13.9. The van der Waals surface area contributed by atoms with E-state index in [4.69, 9.17) is 16.3 Å². The molecule has 0 spiro atoms. The van der Waals surface area contributed by atoms with Gasteiger partial charge in [-0.3, -0.25) is 9.59 Å². The van der Waals surface area contributed by atoms with Gasteiger partial charge in [0.15, 0.2) is 0 Å². The van der Waals surface area contributed by atoms with Gasteiger partial charge in [0.25, 0.3) is 11.7 Å². The van der Waals surface area contributed by atoms with Gasteiger partial charge in [-0.05, 0) is 79.9 Å². The zero-order valence-corrected chi connectivity index (χ0v) is 20.7. The molecule has 8 heteroatoms. The number of ketones is 1. The van der Waals surface area contributed by atoms with Crippen LogP contribution in [0.3, 0.4) is 0 Å². The van der Waals surface area contributed by atoms with Crippen LogP contribution in [0.2, 0.25) is 5.02 Å². The third-order valence-electron chi connectivity index (χ3n) is 5.90. The SMILES string of the molecule is Cc1cc(/C(O)=C2/C(=O)C(=O)N(Cc3ccc(F)cc3)C2c2ccc(O)c(Cl)c2)ccc1OC(C)C. The highest BCUT2D eigenvalue weighted by molar-refractivity contribution is 6.46. The molecule has 1 saturated heterocycles. The van der Waals surface area contributed by atoms with Crippen molar-refractivity contribution in [2.24, 2.45) is 0 Å². The van der Waals surface area contributed by atoms with E-state index in [1.54, 1.807) is 18.2 Å². The van der Waals surface area contributed by atoms with Gasteiger partial charge in [0.1, 0.15) is 23.1 Å². The summed E-state index contributed by atoms with van der Waals surface area (Å²) in [5.74, 6) is -1.96. The first-order chi connectivity index (χ1) is 17.1. The van der Waals surface area contributed by atoms with Crippen molar-refractivity contribution in [3.63, 3.8) is 0 Å². The molecular weight excluding hydrogens is 485 g/mol. The number of likely N-dealkylation sites (tertiary alicyclic amines) is 1. The van der Waals surface area contributed by atoms with Crippen molar-refractivity contribution in [3.8, 4) is 11.5 Å². The van der Waals surface area contributed by atoms with E-state index in [2.05, 4.69) is 0 Å². The summed E-state index contributed by atoms with van der Waals surface area (Å²) < 4.78 is 19.2. The molecule has 6 nitrogen and oxygen atoms in total. The van der Waals surface area contributed by atoms with E-state index < -0.39 is 23.5 Å². The Morgan fingerprint density at radius 1 is 1.08 bits per heavy atom. The molecule has 0 bridgehead atoms. The Morgan fingerprint density at radius 3 is 2.39 bits per heavy atom. The minimum absolute atomic E-state index is 0.00894. The summed E-state index contributed by atoms with van der Waals surface area (Å²) in [6.07, 6.45) is -0.0424. The molecule has 1 unspecified atom stereocenters. The molecule has 4 rings (SSSR count). The monoisotopic (exact) mass is 509 g/mol. The molecular formula is C28H25ClFNO5. The zero-order chi connectivity index (χ0) is 26.1. The summed E-state index contributed by atoms with van der Waals surface area (Å²) in [6.45, 7) is 5.61. The van der Waals surface area contributed by atoms with Gasteiger partial charge >= 0.3 is 0 Å². The number of ether oxygens (including phenoxy) is 1. The number of halogens is 2. The van der Waals surface area contributed by atoms with Crippen LogP contribution in [0.25, 0.3) is 5.76 Å². The van der Waals surface area contributed by atoms with Crippen LogP contribution in [0.4, 0.5) is 4.39 Å². The lowest BCUT2D eigenvalue weighted by atomic mass is 9.94. The minimum Gasteiger partial charge on any atom is -0.507 e. The quantitative estimate of drug-likeness (QED) is 0.245. The summed E-state index contributed by atoms with van der Waals surface area (Å²) in [7, 11) is 0. The van der Waals surface area contributed by atoms with Gasteiger partial charge < -0.3 is 19.8 Å². The minimum atomic E-state index is -0.986. The van der Waals surface area contributed by atoms with Crippen molar-refractivity contribution in [2.75, 3.05) is 0 Å². The first-order valence-electron chi connectivity index (χ1n) is 11.4. The number of hydrogen-bond donors (Lipinski definition) is 2. The van der Waals surface area contributed by atoms with Gasteiger partial charge in [-0.2, -0.15) is 0 Å². The molecule has 0 radical (unpaired) electrons. The highest BCUT2D eigenvalue weighted by atomic mass is 35.5. The number of aliphatic hydroxyl groups excluding tert-OH is 1. The van der Waals surface area contributed by atoms with E-state index in [1.165, 1.54) is 47.4 Å². The summed E-state index contributed by atoms with van der Waals surface area (Å²) >= 11 is 6.14. The Hall–Kier alpha value is -3.84. The molecule has 1 fully saturated rings. The van der Waals surface area contributed by atoms with Crippen LogP contribution < -0.4 is 4.74 Å². The van der Waals surface area contributed by atoms with Crippen LogP contribution in [0.5, 0.6) is 11.5 Å². The predicted molar refractivity (Wildman–Crippen MR) is 134 cm³/mol. The third-order valence-corrected chi connectivity index (χ3v) is 6.21. The number of phenolic OH excluding ortho intramolecular Hbond substituents is 1. The molecule has 186 valence electrons. The molecule has 1 aliphatic rings. The summed E-state index contributed by atoms with van der Waals surface area (Å²) in [4.78, 5) is 27.7. The Bertz CT molecular complexity index is 1370. The first-order valence-corrected chi connectivity index (χ1v) is 11.7. The highest BCUT2D eigenvalue weighted by Gasteiger charge is 2.46. The van der Waals surface area contributed by atoms with Crippen molar-refractivity contribution < 1.29 is 28.9 Å². The normalized spacial score (nSPS) is 17.2. The average Bonchev–Trinajstić information content (AvgIpc) is 3.07. The zero-order valence-electron chi connectivity index (χ0n) is 20.0. The van der Waals surface area contributed by atoms with Crippen molar-refractivity contribution >= 4 is 29.1 Å². The number of aliphatic hydroxyl groups is 1. The third kappa shape index (κ3) is 4.93. The number of benzene rings is 3. The van der Waals surface area contributed by atoms with Crippen molar-refractivity contribution in [1.29, 1.82) is 0 Å². The number of phenols is 1. The fourth-order valence-corrected chi connectivity index (χ4v) is 4.40. The van der Waals surface area contributed by atoms with Gasteiger partial charge in [-0.25, -0.2) is 4.39 Å². The second kappa shape index (κ2) is 10.0. The lowest BCUT2D eigenvalue weighted by molar-refractivity contribution is -0.140. The number of hydrogen-bond acceptors (Lipinski definition) is 5. The number of rotatable bonds is 6. The summed E-state index contributed by atoms with van der Waals surface area (Å²) in [5, 5.41) is 21.2. The molecule has 0 saturated carbocycles. The Balaban J connectivity index is 1.84. The van der Waals surface area contributed by atoms with Gasteiger partial charge in [-0.15, -0.1) is 0 Å². The van der Waals surface area contributed by atoms with Crippen LogP contribution >= 0.6 is 11.6 Å². The number of aryl methyl sites for hydroxylation is 1. The van der Waals surface area contributed by atoms with E-state index in [-0.39, 0.29) is 34.8 Å². The van der Waals surface area contributed by atoms with Crippen molar-refractivity contribution in [3.05, 3.63) is 99.3 Å². The molecule has 3 aromatic rings. The average molecular weight is 510 g/mol. The fourth-order valence-electron chi connectivity index (χ4n) is 4.21. The molecule has 0 aliphatic carbocycles. The Kier molecular flexibility index (Phi) is 7.04. The molecule has 1 amide bonds. The number of carbonyl (C=O) groups excluding carboxylic acids is 2.